The van der Waals surface area contributed by atoms with Crippen molar-refractivity contribution < 1.29 is 8.42 Å². The van der Waals surface area contributed by atoms with Gasteiger partial charge in [-0.3, -0.25) is 0 Å². The summed E-state index contributed by atoms with van der Waals surface area (Å²) in [5.41, 5.74) is 7.19. The average molecular weight is 298 g/mol. The molecule has 1 aromatic carbocycles. The van der Waals surface area contributed by atoms with Crippen LogP contribution in [-0.4, -0.2) is 46.5 Å². The zero-order chi connectivity index (χ0) is 14.8. The predicted molar refractivity (Wildman–Crippen MR) is 81.2 cm³/mol. The van der Waals surface area contributed by atoms with E-state index in [-0.39, 0.29) is 4.90 Å². The first kappa shape index (κ1) is 15.1. The second kappa shape index (κ2) is 5.99. The van der Waals surface area contributed by atoms with Crippen molar-refractivity contribution in [3.63, 3.8) is 0 Å². The fraction of sp³-hybridized carbons (Fsp3) is 0.538. The van der Waals surface area contributed by atoms with Gasteiger partial charge < -0.3 is 15.5 Å². The first-order valence-corrected chi connectivity index (χ1v) is 8.28. The molecule has 112 valence electrons. The molecule has 1 aliphatic rings. The van der Waals surface area contributed by atoms with Gasteiger partial charge in [-0.05, 0) is 44.1 Å². The highest BCUT2D eigenvalue weighted by molar-refractivity contribution is 7.89. The van der Waals surface area contributed by atoms with Crippen LogP contribution in [0.5, 0.6) is 0 Å². The Morgan fingerprint density at radius 1 is 1.30 bits per heavy atom. The number of primary sulfonamides is 1. The Kier molecular flexibility index (Phi) is 4.52. The summed E-state index contributed by atoms with van der Waals surface area (Å²) in [6.45, 7) is 4.17. The van der Waals surface area contributed by atoms with Crippen molar-refractivity contribution in [3.8, 4) is 0 Å². The third-order valence-electron chi connectivity index (χ3n) is 3.69. The Morgan fingerprint density at radius 3 is 2.50 bits per heavy atom. The summed E-state index contributed by atoms with van der Waals surface area (Å²) in [6.07, 6.45) is 2.55. The number of hydrogen-bond donors (Lipinski definition) is 2. The summed E-state index contributed by atoms with van der Waals surface area (Å²) >= 11 is 0. The van der Waals surface area contributed by atoms with E-state index in [4.69, 9.17) is 10.9 Å². The maximum absolute atomic E-state index is 11.3. The van der Waals surface area contributed by atoms with Gasteiger partial charge in [-0.2, -0.15) is 0 Å². The van der Waals surface area contributed by atoms with Crippen LogP contribution < -0.4 is 15.8 Å². The number of likely N-dealkylation sites (tertiary alicyclic amines) is 1. The first-order valence-electron chi connectivity index (χ1n) is 6.74. The molecule has 0 bridgehead atoms. The van der Waals surface area contributed by atoms with E-state index in [1.807, 2.05) is 11.9 Å². The SMILES string of the molecule is CN(CCN1CCCC1)c1ccc(S(N)(=O)=O)cc1N. The molecule has 0 radical (unpaired) electrons. The highest BCUT2D eigenvalue weighted by atomic mass is 32.2. The maximum atomic E-state index is 11.3. The van der Waals surface area contributed by atoms with Crippen molar-refractivity contribution in [3.05, 3.63) is 18.2 Å². The fourth-order valence-corrected chi connectivity index (χ4v) is 3.02. The molecular formula is C13H22N4O2S. The molecule has 7 heteroatoms. The van der Waals surface area contributed by atoms with Crippen LogP contribution in [0.2, 0.25) is 0 Å². The molecule has 20 heavy (non-hydrogen) atoms. The molecule has 0 aliphatic carbocycles. The molecule has 1 aromatic rings. The number of likely N-dealkylation sites (N-methyl/N-ethyl adjacent to an activating group) is 1. The number of rotatable bonds is 5. The zero-order valence-electron chi connectivity index (χ0n) is 11.7. The van der Waals surface area contributed by atoms with E-state index >= 15 is 0 Å². The molecule has 0 saturated carbocycles. The lowest BCUT2D eigenvalue weighted by Crippen LogP contribution is -2.31. The van der Waals surface area contributed by atoms with Gasteiger partial charge in [-0.1, -0.05) is 0 Å². The zero-order valence-corrected chi connectivity index (χ0v) is 12.6. The van der Waals surface area contributed by atoms with Gasteiger partial charge in [-0.25, -0.2) is 13.6 Å². The summed E-state index contributed by atoms with van der Waals surface area (Å²) in [7, 11) is -1.74. The molecular weight excluding hydrogens is 276 g/mol. The van der Waals surface area contributed by atoms with Gasteiger partial charge in [0.1, 0.15) is 0 Å². The second-order valence-corrected chi connectivity index (χ2v) is 6.80. The lowest BCUT2D eigenvalue weighted by atomic mass is 10.2. The number of sulfonamides is 1. The Balaban J connectivity index is 2.04. The van der Waals surface area contributed by atoms with Gasteiger partial charge in [0.15, 0.2) is 0 Å². The normalized spacial score (nSPS) is 16.5. The van der Waals surface area contributed by atoms with E-state index < -0.39 is 10.0 Å². The van der Waals surface area contributed by atoms with Crippen LogP contribution in [0.25, 0.3) is 0 Å². The van der Waals surface area contributed by atoms with Crippen LogP contribution in [-0.2, 0) is 10.0 Å². The lowest BCUT2D eigenvalue weighted by Gasteiger charge is -2.24. The van der Waals surface area contributed by atoms with E-state index in [0.717, 1.165) is 31.9 Å². The Labute approximate surface area is 120 Å². The van der Waals surface area contributed by atoms with Crippen LogP contribution in [0.1, 0.15) is 12.8 Å². The molecule has 0 spiro atoms. The van der Waals surface area contributed by atoms with Crippen molar-refractivity contribution >= 4 is 21.4 Å². The molecule has 0 unspecified atom stereocenters. The van der Waals surface area contributed by atoms with Crippen molar-refractivity contribution in [2.45, 2.75) is 17.7 Å². The quantitative estimate of drug-likeness (QED) is 0.770. The monoisotopic (exact) mass is 298 g/mol. The minimum atomic E-state index is -3.70. The topological polar surface area (TPSA) is 92.7 Å². The molecule has 1 fully saturated rings. The standard InChI is InChI=1S/C13H22N4O2S/c1-16(8-9-17-6-2-3-7-17)13-5-4-11(10-12(13)14)20(15,18)19/h4-5,10H,2-3,6-9,14H2,1H3,(H2,15,18,19). The fourth-order valence-electron chi connectivity index (χ4n) is 2.48. The van der Waals surface area contributed by atoms with E-state index in [1.54, 1.807) is 6.07 Å². The van der Waals surface area contributed by atoms with E-state index in [9.17, 15) is 8.42 Å². The summed E-state index contributed by atoms with van der Waals surface area (Å²) in [4.78, 5) is 4.51. The van der Waals surface area contributed by atoms with Crippen LogP contribution in [0.3, 0.4) is 0 Å². The summed E-state index contributed by atoms with van der Waals surface area (Å²) in [6, 6.07) is 4.61. The molecule has 2 rings (SSSR count). The number of nitrogens with two attached hydrogens (primary N) is 2. The summed E-state index contributed by atoms with van der Waals surface area (Å²) < 4.78 is 22.5. The van der Waals surface area contributed by atoms with Crippen molar-refractivity contribution in [1.82, 2.24) is 4.90 Å². The highest BCUT2D eigenvalue weighted by Crippen LogP contribution is 2.25. The average Bonchev–Trinajstić information content (AvgIpc) is 2.87. The minimum Gasteiger partial charge on any atom is -0.397 e. The van der Waals surface area contributed by atoms with E-state index in [0.29, 0.717) is 5.69 Å². The Morgan fingerprint density at radius 2 is 1.95 bits per heavy atom. The molecule has 6 nitrogen and oxygen atoms in total. The number of nitrogen functional groups attached to an aromatic ring is 1. The van der Waals surface area contributed by atoms with Crippen LogP contribution in [0, 0.1) is 0 Å². The van der Waals surface area contributed by atoms with Gasteiger partial charge >= 0.3 is 0 Å². The number of nitrogens with zero attached hydrogens (tertiary/aromatic N) is 2. The molecule has 1 saturated heterocycles. The summed E-state index contributed by atoms with van der Waals surface area (Å²) in [5, 5.41) is 5.09. The van der Waals surface area contributed by atoms with Crippen LogP contribution in [0.15, 0.2) is 23.1 Å². The molecule has 0 aromatic heterocycles. The van der Waals surface area contributed by atoms with Gasteiger partial charge in [0.05, 0.1) is 16.3 Å². The van der Waals surface area contributed by atoms with E-state index in [2.05, 4.69) is 4.90 Å². The van der Waals surface area contributed by atoms with Crippen LogP contribution >= 0.6 is 0 Å². The van der Waals surface area contributed by atoms with Gasteiger partial charge in [-0.15, -0.1) is 0 Å². The van der Waals surface area contributed by atoms with Gasteiger partial charge in [0.25, 0.3) is 0 Å². The Bertz CT molecular complexity index is 568. The number of anilines is 2. The highest BCUT2D eigenvalue weighted by Gasteiger charge is 2.14. The smallest absolute Gasteiger partial charge is 0.238 e. The first-order chi connectivity index (χ1) is 9.38. The van der Waals surface area contributed by atoms with E-state index in [1.165, 1.54) is 25.0 Å². The third kappa shape index (κ3) is 3.62. The van der Waals surface area contributed by atoms with Crippen LogP contribution in [0.4, 0.5) is 11.4 Å². The van der Waals surface area contributed by atoms with Crippen molar-refractivity contribution in [2.24, 2.45) is 5.14 Å². The van der Waals surface area contributed by atoms with Gasteiger partial charge in [0, 0.05) is 20.1 Å². The largest absolute Gasteiger partial charge is 0.397 e. The molecule has 0 atom stereocenters. The van der Waals surface area contributed by atoms with Gasteiger partial charge in [0.2, 0.25) is 10.0 Å². The lowest BCUT2D eigenvalue weighted by molar-refractivity contribution is 0.347. The third-order valence-corrected chi connectivity index (χ3v) is 4.60. The summed E-state index contributed by atoms with van der Waals surface area (Å²) in [5.74, 6) is 0. The minimum absolute atomic E-state index is 0.0479. The maximum Gasteiger partial charge on any atom is 0.238 e. The number of benzene rings is 1. The molecule has 0 amide bonds. The predicted octanol–water partition coefficient (Wildman–Crippen LogP) is 0.448. The van der Waals surface area contributed by atoms with Crippen molar-refractivity contribution in [2.75, 3.05) is 43.9 Å². The molecule has 4 N–H and O–H groups in total. The number of hydrogen-bond acceptors (Lipinski definition) is 5. The second-order valence-electron chi connectivity index (χ2n) is 5.24. The Hall–Kier alpha value is -1.31. The molecule has 1 aliphatic heterocycles. The molecule has 1 heterocycles. The van der Waals surface area contributed by atoms with Crippen molar-refractivity contribution in [1.29, 1.82) is 0 Å².